The predicted molar refractivity (Wildman–Crippen MR) is 115 cm³/mol. The number of ether oxygens (including phenoxy) is 2. The minimum absolute atomic E-state index is 0.0300. The zero-order valence-corrected chi connectivity index (χ0v) is 17.7. The average molecular weight is 421 g/mol. The van der Waals surface area contributed by atoms with Gasteiger partial charge in [-0.15, -0.1) is 0 Å². The Bertz CT molecular complexity index is 1010. The molecule has 1 aliphatic carbocycles. The largest absolute Gasteiger partial charge is 0.496 e. The molecule has 1 spiro atoms. The molecule has 2 aliphatic heterocycles. The molecule has 6 heteroatoms. The van der Waals surface area contributed by atoms with Crippen molar-refractivity contribution in [1.82, 2.24) is 4.90 Å². The lowest BCUT2D eigenvalue weighted by Crippen LogP contribution is -2.37. The normalized spacial score (nSPS) is 26.9. The summed E-state index contributed by atoms with van der Waals surface area (Å²) in [5.74, 6) is -0.0317. The summed E-state index contributed by atoms with van der Waals surface area (Å²) >= 11 is 0. The molecule has 3 atom stereocenters. The van der Waals surface area contributed by atoms with Crippen LogP contribution in [0.3, 0.4) is 0 Å². The molecule has 1 N–H and O–H groups in total. The van der Waals surface area contributed by atoms with Crippen LogP contribution in [0.1, 0.15) is 47.5 Å². The molecule has 3 aliphatic rings. The van der Waals surface area contributed by atoms with Crippen LogP contribution in [-0.4, -0.2) is 54.8 Å². The van der Waals surface area contributed by atoms with E-state index in [4.69, 9.17) is 9.47 Å². The van der Waals surface area contributed by atoms with Crippen LogP contribution in [0.25, 0.3) is 11.1 Å². The van der Waals surface area contributed by atoms with Gasteiger partial charge in [-0.3, -0.25) is 4.79 Å². The Balaban J connectivity index is 1.43. The molecule has 31 heavy (non-hydrogen) atoms. The van der Waals surface area contributed by atoms with E-state index in [1.54, 1.807) is 13.2 Å². The van der Waals surface area contributed by atoms with Gasteiger partial charge >= 0.3 is 5.97 Å². The number of carbonyl (C=O) groups excluding carboxylic acids is 1. The third-order valence-corrected chi connectivity index (χ3v) is 7.15. The Kier molecular flexibility index (Phi) is 4.97. The molecule has 2 aromatic carbocycles. The molecule has 1 saturated carbocycles. The van der Waals surface area contributed by atoms with Gasteiger partial charge in [0, 0.05) is 25.3 Å². The van der Waals surface area contributed by atoms with Crippen LogP contribution in [0.5, 0.6) is 5.75 Å². The Morgan fingerprint density at radius 1 is 1.23 bits per heavy atom. The van der Waals surface area contributed by atoms with Crippen molar-refractivity contribution in [3.63, 3.8) is 0 Å². The molecule has 1 amide bonds. The summed E-state index contributed by atoms with van der Waals surface area (Å²) in [5.41, 5.74) is 2.81. The lowest BCUT2D eigenvalue weighted by molar-refractivity contribution is -0.140. The highest BCUT2D eigenvalue weighted by atomic mass is 16.5. The highest BCUT2D eigenvalue weighted by Crippen LogP contribution is 2.65. The zero-order chi connectivity index (χ0) is 21.6. The number of benzene rings is 2. The molecule has 5 rings (SSSR count). The molecule has 0 aromatic heterocycles. The maximum atomic E-state index is 12.8. The summed E-state index contributed by atoms with van der Waals surface area (Å²) in [6, 6.07) is 13.3. The van der Waals surface area contributed by atoms with Crippen LogP contribution in [0, 0.1) is 5.41 Å². The summed E-state index contributed by atoms with van der Waals surface area (Å²) in [7, 11) is 1.62. The van der Waals surface area contributed by atoms with E-state index in [-0.39, 0.29) is 23.3 Å². The van der Waals surface area contributed by atoms with Crippen LogP contribution in [-0.2, 0) is 9.53 Å². The van der Waals surface area contributed by atoms with E-state index < -0.39 is 5.97 Å². The number of aromatic carboxylic acids is 1. The summed E-state index contributed by atoms with van der Waals surface area (Å²) < 4.78 is 11.2. The Morgan fingerprint density at radius 2 is 2.03 bits per heavy atom. The Morgan fingerprint density at radius 3 is 2.71 bits per heavy atom. The molecule has 162 valence electrons. The fourth-order valence-electron chi connectivity index (χ4n) is 5.38. The zero-order valence-electron chi connectivity index (χ0n) is 17.7. The first-order valence-electron chi connectivity index (χ1n) is 10.9. The second-order valence-electron chi connectivity index (χ2n) is 8.94. The fraction of sp³-hybridized carbons (Fsp3) is 0.440. The molecule has 0 bridgehead atoms. The van der Waals surface area contributed by atoms with Crippen LogP contribution >= 0.6 is 0 Å². The van der Waals surface area contributed by atoms with E-state index in [1.807, 2.05) is 41.3 Å². The summed E-state index contributed by atoms with van der Waals surface area (Å²) in [5, 5.41) is 9.97. The van der Waals surface area contributed by atoms with Crippen molar-refractivity contribution < 1.29 is 24.2 Å². The summed E-state index contributed by atoms with van der Waals surface area (Å²) in [6.45, 7) is 2.06. The molecule has 6 nitrogen and oxygen atoms in total. The number of carbonyl (C=O) groups is 2. The minimum atomic E-state index is -0.929. The van der Waals surface area contributed by atoms with E-state index in [2.05, 4.69) is 0 Å². The number of carboxylic acids is 1. The van der Waals surface area contributed by atoms with E-state index in [0.29, 0.717) is 24.5 Å². The van der Waals surface area contributed by atoms with E-state index in [1.165, 1.54) is 0 Å². The number of hydrogen-bond donors (Lipinski definition) is 1. The quantitative estimate of drug-likeness (QED) is 0.791. The fourth-order valence-corrected chi connectivity index (χ4v) is 5.38. The minimum Gasteiger partial charge on any atom is -0.496 e. The summed E-state index contributed by atoms with van der Waals surface area (Å²) in [4.78, 5) is 26.9. The van der Waals surface area contributed by atoms with Gasteiger partial charge in [-0.25, -0.2) is 4.79 Å². The van der Waals surface area contributed by atoms with Crippen LogP contribution in [0.15, 0.2) is 42.5 Å². The molecular weight excluding hydrogens is 394 g/mol. The van der Waals surface area contributed by atoms with E-state index in [0.717, 1.165) is 48.9 Å². The monoisotopic (exact) mass is 421 g/mol. The van der Waals surface area contributed by atoms with Gasteiger partial charge in [-0.2, -0.15) is 0 Å². The third kappa shape index (κ3) is 3.49. The van der Waals surface area contributed by atoms with Crippen molar-refractivity contribution in [2.75, 3.05) is 26.8 Å². The SMILES string of the molecule is COc1cc([C@H]2C[C@]23CCN(C(=O)[C@H]2CCCO2)C3)c(C(=O)O)cc1-c1ccccc1. The molecule has 2 heterocycles. The molecule has 2 aromatic rings. The lowest BCUT2D eigenvalue weighted by Gasteiger charge is -2.20. The van der Waals surface area contributed by atoms with Gasteiger partial charge in [0.1, 0.15) is 11.9 Å². The van der Waals surface area contributed by atoms with Crippen molar-refractivity contribution in [2.45, 2.75) is 37.7 Å². The number of amides is 1. The number of nitrogens with zero attached hydrogens (tertiary/aromatic N) is 1. The molecule has 3 fully saturated rings. The van der Waals surface area contributed by atoms with Gasteiger partial charge in [0.25, 0.3) is 5.91 Å². The van der Waals surface area contributed by atoms with Crippen LogP contribution in [0.4, 0.5) is 0 Å². The maximum absolute atomic E-state index is 12.8. The predicted octanol–water partition coefficient (Wildman–Crippen LogP) is 3.95. The topological polar surface area (TPSA) is 76.1 Å². The number of hydrogen-bond acceptors (Lipinski definition) is 4. The van der Waals surface area contributed by atoms with E-state index in [9.17, 15) is 14.7 Å². The highest BCUT2D eigenvalue weighted by molar-refractivity contribution is 5.93. The van der Waals surface area contributed by atoms with E-state index >= 15 is 0 Å². The van der Waals surface area contributed by atoms with Gasteiger partial charge in [-0.05, 0) is 60.3 Å². The maximum Gasteiger partial charge on any atom is 0.335 e. The van der Waals surface area contributed by atoms with Gasteiger partial charge in [0.05, 0.1) is 12.7 Å². The first kappa shape index (κ1) is 20.1. The first-order chi connectivity index (χ1) is 15.0. The molecular formula is C25H27NO5. The van der Waals surface area contributed by atoms with Gasteiger partial charge in [0.2, 0.25) is 0 Å². The first-order valence-corrected chi connectivity index (χ1v) is 10.9. The Labute approximate surface area is 181 Å². The molecule has 0 radical (unpaired) electrons. The second kappa shape index (κ2) is 7.68. The van der Waals surface area contributed by atoms with Crippen molar-refractivity contribution in [3.05, 3.63) is 53.6 Å². The Hall–Kier alpha value is -2.86. The second-order valence-corrected chi connectivity index (χ2v) is 8.94. The van der Waals surface area contributed by atoms with Crippen molar-refractivity contribution in [2.24, 2.45) is 5.41 Å². The van der Waals surface area contributed by atoms with Crippen molar-refractivity contribution >= 4 is 11.9 Å². The number of carboxylic acid groups (broad SMARTS) is 1. The third-order valence-electron chi connectivity index (χ3n) is 7.15. The van der Waals surface area contributed by atoms with Gasteiger partial charge in [0.15, 0.2) is 0 Å². The van der Waals surface area contributed by atoms with Crippen molar-refractivity contribution in [1.29, 1.82) is 0 Å². The van der Waals surface area contributed by atoms with Gasteiger partial charge < -0.3 is 19.5 Å². The molecule has 0 unspecified atom stereocenters. The van der Waals surface area contributed by atoms with Crippen LogP contribution < -0.4 is 4.74 Å². The van der Waals surface area contributed by atoms with Gasteiger partial charge in [-0.1, -0.05) is 30.3 Å². The summed E-state index contributed by atoms with van der Waals surface area (Å²) in [6.07, 6.45) is 3.24. The molecule has 2 saturated heterocycles. The van der Waals surface area contributed by atoms with Crippen LogP contribution in [0.2, 0.25) is 0 Å². The van der Waals surface area contributed by atoms with Crippen molar-refractivity contribution in [3.8, 4) is 16.9 Å². The number of methoxy groups -OCH3 is 1. The standard InChI is InChI=1S/C25H27NO5/c1-30-22-13-18(19(24(28)29)12-17(22)16-6-3-2-4-7-16)20-14-25(20)9-10-26(15-25)23(27)21-8-5-11-31-21/h2-4,6-7,12-13,20-21H,5,8-11,14-15H2,1H3,(H,28,29)/t20-,21-,25+/m1/s1. The smallest absolute Gasteiger partial charge is 0.335 e. The number of rotatable bonds is 5. The number of likely N-dealkylation sites (tertiary alicyclic amines) is 1. The lowest BCUT2D eigenvalue weighted by atomic mass is 9.91. The average Bonchev–Trinajstić information content (AvgIpc) is 3.14. The highest BCUT2D eigenvalue weighted by Gasteiger charge is 2.59.